The Labute approximate surface area is 130 Å². The fraction of sp³-hybridized carbons (Fsp3) is 0.353. The van der Waals surface area contributed by atoms with Gasteiger partial charge in [-0.3, -0.25) is 4.79 Å². The van der Waals surface area contributed by atoms with Crippen molar-refractivity contribution in [3.8, 4) is 0 Å². The maximum Gasteiger partial charge on any atom is 0.182 e. The van der Waals surface area contributed by atoms with Crippen LogP contribution in [0.25, 0.3) is 17.0 Å². The molecule has 4 heterocycles. The quantitative estimate of drug-likeness (QED) is 0.756. The Bertz CT molecular complexity index is 723. The molecule has 4 heteroatoms. The van der Waals surface area contributed by atoms with Crippen LogP contribution in [0.3, 0.4) is 0 Å². The van der Waals surface area contributed by atoms with Gasteiger partial charge in [0.1, 0.15) is 0 Å². The zero-order valence-corrected chi connectivity index (χ0v) is 12.9. The van der Waals surface area contributed by atoms with Crippen LogP contribution < -0.4 is 0 Å². The van der Waals surface area contributed by atoms with E-state index in [1.54, 1.807) is 0 Å². The van der Waals surface area contributed by atoms with Gasteiger partial charge in [-0.2, -0.15) is 0 Å². The smallest absolute Gasteiger partial charge is 0.182 e. The van der Waals surface area contributed by atoms with Crippen LogP contribution in [0, 0.1) is 5.92 Å². The fourth-order valence-corrected chi connectivity index (χ4v) is 3.55. The molecule has 3 saturated heterocycles. The van der Waals surface area contributed by atoms with Gasteiger partial charge in [-0.1, -0.05) is 18.2 Å². The van der Waals surface area contributed by atoms with Crippen molar-refractivity contribution in [1.29, 1.82) is 0 Å². The van der Waals surface area contributed by atoms with E-state index in [0.29, 0.717) is 5.78 Å². The van der Waals surface area contributed by atoms with E-state index in [1.807, 2.05) is 0 Å². The van der Waals surface area contributed by atoms with Crippen LogP contribution in [-0.2, 0) is 11.8 Å². The number of benzene rings is 1. The molecule has 0 unspecified atom stereocenters. The minimum atomic E-state index is 0. The fourth-order valence-electron chi connectivity index (χ4n) is 3.55. The van der Waals surface area contributed by atoms with Gasteiger partial charge in [0.05, 0.1) is 5.70 Å². The van der Waals surface area contributed by atoms with Crippen molar-refractivity contribution in [3.05, 3.63) is 41.7 Å². The Morgan fingerprint density at radius 2 is 1.90 bits per heavy atom. The summed E-state index contributed by atoms with van der Waals surface area (Å²) in [7, 11) is 2.06. The normalized spacial score (nSPS) is 20.3. The highest BCUT2D eigenvalue weighted by Gasteiger charge is 2.36. The molecule has 0 aliphatic carbocycles. The van der Waals surface area contributed by atoms with E-state index >= 15 is 0 Å². The highest BCUT2D eigenvalue weighted by Crippen LogP contribution is 2.33. The number of halogens is 1. The van der Waals surface area contributed by atoms with Gasteiger partial charge in [0, 0.05) is 48.7 Å². The largest absolute Gasteiger partial charge is 0.369 e. The molecule has 3 nitrogen and oxygen atoms in total. The predicted octanol–water partition coefficient (Wildman–Crippen LogP) is 3.24. The van der Waals surface area contributed by atoms with Crippen molar-refractivity contribution >= 4 is 35.2 Å². The number of ketones is 1. The molecule has 3 aliphatic rings. The third-order valence-corrected chi connectivity index (χ3v) is 4.68. The molecule has 5 rings (SSSR count). The third-order valence-electron chi connectivity index (χ3n) is 4.68. The molecule has 110 valence electrons. The van der Waals surface area contributed by atoms with Crippen LogP contribution in [0.2, 0.25) is 0 Å². The molecule has 0 saturated carbocycles. The van der Waals surface area contributed by atoms with E-state index in [2.05, 4.69) is 53.1 Å². The summed E-state index contributed by atoms with van der Waals surface area (Å²) in [5, 5.41) is 1.22. The Morgan fingerprint density at radius 1 is 1.19 bits per heavy atom. The second-order valence-corrected chi connectivity index (χ2v) is 5.87. The average Bonchev–Trinajstić information content (AvgIpc) is 2.80. The minimum Gasteiger partial charge on any atom is -0.369 e. The molecular weight excluding hydrogens is 284 g/mol. The maximum absolute atomic E-state index is 12.4. The minimum absolute atomic E-state index is 0. The summed E-state index contributed by atoms with van der Waals surface area (Å²) in [6.45, 7) is 2.07. The van der Waals surface area contributed by atoms with Crippen molar-refractivity contribution in [3.63, 3.8) is 0 Å². The molecule has 1 aromatic heterocycles. The van der Waals surface area contributed by atoms with E-state index in [-0.39, 0.29) is 18.3 Å². The van der Waals surface area contributed by atoms with Gasteiger partial charge < -0.3 is 9.47 Å². The van der Waals surface area contributed by atoms with E-state index in [9.17, 15) is 4.79 Å². The Kier molecular flexibility index (Phi) is 3.54. The van der Waals surface area contributed by atoms with Gasteiger partial charge in [0.25, 0.3) is 0 Å². The van der Waals surface area contributed by atoms with Crippen LogP contribution in [0.5, 0.6) is 0 Å². The van der Waals surface area contributed by atoms with Crippen LogP contribution in [0.15, 0.2) is 36.2 Å². The molecule has 2 aromatic rings. The highest BCUT2D eigenvalue weighted by molar-refractivity contribution is 6.04. The summed E-state index contributed by atoms with van der Waals surface area (Å²) in [5.74, 6) is 0.608. The van der Waals surface area contributed by atoms with Crippen molar-refractivity contribution in [1.82, 2.24) is 9.47 Å². The number of Topliss-reactive ketones (excluding diaryl/α,β-unsaturated/α-hetero) is 1. The number of para-hydroxylation sites is 1. The number of rotatable bonds is 1. The third kappa shape index (κ3) is 2.16. The average molecular weight is 303 g/mol. The summed E-state index contributed by atoms with van der Waals surface area (Å²) in [4.78, 5) is 14.7. The number of hydrogen-bond donors (Lipinski definition) is 0. The molecule has 3 aliphatic heterocycles. The van der Waals surface area contributed by atoms with Crippen LogP contribution in [-0.4, -0.2) is 28.3 Å². The highest BCUT2D eigenvalue weighted by atomic mass is 35.5. The number of aryl methyl sites for hydroxylation is 1. The monoisotopic (exact) mass is 302 g/mol. The number of hydrogen-bond acceptors (Lipinski definition) is 2. The molecule has 0 amide bonds. The Hall–Kier alpha value is -1.74. The Balaban J connectivity index is 0.00000132. The molecule has 0 spiro atoms. The number of nitrogens with zero attached hydrogens (tertiary/aromatic N) is 2. The van der Waals surface area contributed by atoms with Crippen LogP contribution in [0.4, 0.5) is 0 Å². The first-order valence-electron chi connectivity index (χ1n) is 7.29. The number of allylic oxidation sites excluding steroid dienone is 1. The van der Waals surface area contributed by atoms with Crippen molar-refractivity contribution in [2.75, 3.05) is 13.1 Å². The lowest BCUT2D eigenvalue weighted by Gasteiger charge is -2.41. The summed E-state index contributed by atoms with van der Waals surface area (Å²) in [5.41, 5.74) is 3.28. The number of fused-ring (bicyclic) bond motifs is 4. The summed E-state index contributed by atoms with van der Waals surface area (Å²) in [6, 6.07) is 8.35. The lowest BCUT2D eigenvalue weighted by Crippen LogP contribution is -2.45. The van der Waals surface area contributed by atoms with E-state index in [4.69, 9.17) is 0 Å². The molecular formula is C17H19ClN2O. The Morgan fingerprint density at radius 3 is 2.62 bits per heavy atom. The van der Waals surface area contributed by atoms with Gasteiger partial charge in [0.15, 0.2) is 5.78 Å². The summed E-state index contributed by atoms with van der Waals surface area (Å²) < 4.78 is 2.13. The first-order chi connectivity index (χ1) is 9.74. The molecule has 0 N–H and O–H groups in total. The molecule has 3 fully saturated rings. The van der Waals surface area contributed by atoms with Crippen molar-refractivity contribution in [2.45, 2.75) is 12.8 Å². The zero-order chi connectivity index (χ0) is 13.7. The molecule has 1 aromatic carbocycles. The topological polar surface area (TPSA) is 25.2 Å². The van der Waals surface area contributed by atoms with Gasteiger partial charge in [0.2, 0.25) is 0 Å². The summed E-state index contributed by atoms with van der Waals surface area (Å²) in [6.07, 6.45) is 6.28. The maximum atomic E-state index is 12.4. The van der Waals surface area contributed by atoms with E-state index < -0.39 is 0 Å². The number of aromatic nitrogens is 1. The second-order valence-electron chi connectivity index (χ2n) is 5.87. The van der Waals surface area contributed by atoms with Crippen LogP contribution >= 0.6 is 12.4 Å². The van der Waals surface area contributed by atoms with Gasteiger partial charge in [-0.05, 0) is 25.0 Å². The van der Waals surface area contributed by atoms with Gasteiger partial charge in [-0.15, -0.1) is 12.4 Å². The molecule has 2 bridgehead atoms. The predicted molar refractivity (Wildman–Crippen MR) is 87.4 cm³/mol. The zero-order valence-electron chi connectivity index (χ0n) is 12.1. The van der Waals surface area contributed by atoms with E-state index in [1.165, 1.54) is 10.9 Å². The lowest BCUT2D eigenvalue weighted by atomic mass is 9.84. The van der Waals surface area contributed by atoms with Gasteiger partial charge in [-0.25, -0.2) is 0 Å². The standard InChI is InChI=1S/C17H18N2O.ClH/c1-18-11-13(14-4-2-3-5-15(14)18)10-16-17(20)12-6-8-19(16)9-7-12;/h2-5,10-12H,6-9H2,1H3;1H/b16-10+;. The first-order valence-corrected chi connectivity index (χ1v) is 7.29. The van der Waals surface area contributed by atoms with Gasteiger partial charge >= 0.3 is 0 Å². The number of carbonyl (C=O) groups excluding carboxylic acids is 1. The lowest BCUT2D eigenvalue weighted by molar-refractivity contribution is -0.125. The van der Waals surface area contributed by atoms with Crippen molar-refractivity contribution in [2.24, 2.45) is 13.0 Å². The second kappa shape index (κ2) is 5.23. The van der Waals surface area contributed by atoms with E-state index in [0.717, 1.165) is 37.2 Å². The van der Waals surface area contributed by atoms with Crippen molar-refractivity contribution < 1.29 is 4.79 Å². The molecule has 0 atom stereocenters. The number of carbonyl (C=O) groups is 1. The molecule has 21 heavy (non-hydrogen) atoms. The SMILES string of the molecule is Cl.Cn1cc(/C=C2\C(=O)C3CCN2CC3)c2ccccc21. The summed E-state index contributed by atoms with van der Waals surface area (Å²) >= 11 is 0. The molecule has 0 radical (unpaired) electrons. The number of piperidine rings is 3. The van der Waals surface area contributed by atoms with Crippen LogP contribution in [0.1, 0.15) is 18.4 Å². The first kappa shape index (κ1) is 14.2.